The van der Waals surface area contributed by atoms with Gasteiger partial charge in [-0.05, 0) is 24.1 Å². The van der Waals surface area contributed by atoms with Crippen LogP contribution in [0.5, 0.6) is 11.5 Å². The molecule has 146 valence electrons. The Balaban J connectivity index is 2.02. The van der Waals surface area contributed by atoms with Crippen LogP contribution in [-0.4, -0.2) is 71.4 Å². The summed E-state index contributed by atoms with van der Waals surface area (Å²) in [6.45, 7) is 0.983. The standard InChI is InChI=1S/C17H26N2O6S/c1-23-8-7-19(14-6-9-26(21,22)12-14)17(20)18-11-13-4-5-15(24-2)16(10-13)25-3/h4-5,10,14H,6-9,11-12H2,1-3H3,(H,18,20). The average Bonchev–Trinajstić information content (AvgIpc) is 2.99. The molecule has 1 N–H and O–H groups in total. The maximum atomic E-state index is 12.6. The third-order valence-electron chi connectivity index (χ3n) is 4.34. The van der Waals surface area contributed by atoms with E-state index in [1.807, 2.05) is 6.07 Å². The van der Waals surface area contributed by atoms with Gasteiger partial charge < -0.3 is 24.4 Å². The third kappa shape index (κ3) is 5.25. The number of urea groups is 1. The lowest BCUT2D eigenvalue weighted by Crippen LogP contribution is -2.48. The number of methoxy groups -OCH3 is 3. The van der Waals surface area contributed by atoms with E-state index in [9.17, 15) is 13.2 Å². The monoisotopic (exact) mass is 386 g/mol. The van der Waals surface area contributed by atoms with Crippen molar-refractivity contribution in [2.24, 2.45) is 0 Å². The highest BCUT2D eigenvalue weighted by Gasteiger charge is 2.34. The molecule has 1 fully saturated rings. The molecule has 1 aliphatic rings. The van der Waals surface area contributed by atoms with Crippen molar-refractivity contribution in [1.29, 1.82) is 0 Å². The summed E-state index contributed by atoms with van der Waals surface area (Å²) in [6.07, 6.45) is 0.454. The van der Waals surface area contributed by atoms with E-state index in [0.29, 0.717) is 37.6 Å². The molecule has 0 aliphatic carbocycles. The fraction of sp³-hybridized carbons (Fsp3) is 0.588. The van der Waals surface area contributed by atoms with E-state index in [4.69, 9.17) is 14.2 Å². The van der Waals surface area contributed by atoms with E-state index in [-0.39, 0.29) is 23.6 Å². The molecular formula is C17H26N2O6S. The number of hydrogen-bond acceptors (Lipinski definition) is 6. The largest absolute Gasteiger partial charge is 0.493 e. The maximum Gasteiger partial charge on any atom is 0.318 e. The molecule has 1 unspecified atom stereocenters. The molecule has 1 atom stereocenters. The highest BCUT2D eigenvalue weighted by molar-refractivity contribution is 7.91. The van der Waals surface area contributed by atoms with Crippen LogP contribution in [0.15, 0.2) is 18.2 Å². The zero-order valence-corrected chi connectivity index (χ0v) is 16.2. The van der Waals surface area contributed by atoms with Crippen LogP contribution in [0.1, 0.15) is 12.0 Å². The van der Waals surface area contributed by atoms with Gasteiger partial charge in [-0.3, -0.25) is 0 Å². The van der Waals surface area contributed by atoms with Crippen molar-refractivity contribution >= 4 is 15.9 Å². The van der Waals surface area contributed by atoms with Crippen molar-refractivity contribution < 1.29 is 27.4 Å². The molecule has 2 rings (SSSR count). The zero-order valence-electron chi connectivity index (χ0n) is 15.4. The van der Waals surface area contributed by atoms with E-state index in [2.05, 4.69) is 5.32 Å². The van der Waals surface area contributed by atoms with Crippen LogP contribution in [0.3, 0.4) is 0 Å². The zero-order chi connectivity index (χ0) is 19.2. The lowest BCUT2D eigenvalue weighted by Gasteiger charge is -2.28. The first-order chi connectivity index (χ1) is 12.4. The Labute approximate surface area is 154 Å². The smallest absolute Gasteiger partial charge is 0.318 e. The number of carbonyl (C=O) groups is 1. The molecule has 1 aromatic carbocycles. The molecule has 0 aromatic heterocycles. The van der Waals surface area contributed by atoms with Crippen LogP contribution in [0.25, 0.3) is 0 Å². The molecule has 8 nitrogen and oxygen atoms in total. The highest BCUT2D eigenvalue weighted by Crippen LogP contribution is 2.27. The Bertz CT molecular complexity index is 722. The summed E-state index contributed by atoms with van der Waals surface area (Å²) in [5.41, 5.74) is 0.849. The maximum absolute atomic E-state index is 12.6. The minimum Gasteiger partial charge on any atom is -0.493 e. The number of nitrogens with one attached hydrogen (secondary N) is 1. The van der Waals surface area contributed by atoms with Gasteiger partial charge in [0.2, 0.25) is 0 Å². The molecule has 0 bridgehead atoms. The molecule has 1 saturated heterocycles. The predicted octanol–water partition coefficient (Wildman–Crippen LogP) is 1.05. The van der Waals surface area contributed by atoms with Gasteiger partial charge in [-0.25, -0.2) is 13.2 Å². The molecule has 1 aromatic rings. The number of sulfone groups is 1. The van der Waals surface area contributed by atoms with Crippen LogP contribution >= 0.6 is 0 Å². The second kappa shape index (κ2) is 9.09. The van der Waals surface area contributed by atoms with Crippen LogP contribution in [0.2, 0.25) is 0 Å². The summed E-state index contributed by atoms with van der Waals surface area (Å²) in [5, 5.41) is 2.84. The highest BCUT2D eigenvalue weighted by atomic mass is 32.2. The Morgan fingerprint density at radius 2 is 1.96 bits per heavy atom. The summed E-state index contributed by atoms with van der Waals surface area (Å²) in [6, 6.07) is 4.77. The number of hydrogen-bond donors (Lipinski definition) is 1. The fourth-order valence-electron chi connectivity index (χ4n) is 2.93. The average molecular weight is 386 g/mol. The van der Waals surface area contributed by atoms with Crippen LogP contribution in [-0.2, 0) is 21.1 Å². The Hall–Kier alpha value is -2.00. The van der Waals surface area contributed by atoms with Crippen molar-refractivity contribution in [3.8, 4) is 11.5 Å². The molecule has 1 aliphatic heterocycles. The van der Waals surface area contributed by atoms with E-state index in [1.54, 1.807) is 38.4 Å². The van der Waals surface area contributed by atoms with Crippen LogP contribution < -0.4 is 14.8 Å². The van der Waals surface area contributed by atoms with Crippen molar-refractivity contribution in [1.82, 2.24) is 10.2 Å². The molecule has 0 radical (unpaired) electrons. The second-order valence-electron chi connectivity index (χ2n) is 6.09. The molecular weight excluding hydrogens is 360 g/mol. The summed E-state index contributed by atoms with van der Waals surface area (Å²) < 4.78 is 39.0. The number of nitrogens with zero attached hydrogens (tertiary/aromatic N) is 1. The number of ether oxygens (including phenoxy) is 3. The van der Waals surface area contributed by atoms with Gasteiger partial charge in [-0.1, -0.05) is 6.07 Å². The molecule has 0 saturated carbocycles. The lowest BCUT2D eigenvalue weighted by atomic mass is 10.2. The topological polar surface area (TPSA) is 94.2 Å². The van der Waals surface area contributed by atoms with Gasteiger partial charge in [0.1, 0.15) is 0 Å². The predicted molar refractivity (Wildman–Crippen MR) is 97.4 cm³/mol. The lowest BCUT2D eigenvalue weighted by molar-refractivity contribution is 0.133. The van der Waals surface area contributed by atoms with E-state index < -0.39 is 9.84 Å². The van der Waals surface area contributed by atoms with Gasteiger partial charge in [-0.15, -0.1) is 0 Å². The van der Waals surface area contributed by atoms with E-state index >= 15 is 0 Å². The minimum atomic E-state index is -3.08. The Morgan fingerprint density at radius 3 is 2.54 bits per heavy atom. The fourth-order valence-corrected chi connectivity index (χ4v) is 4.66. The number of rotatable bonds is 8. The number of carbonyl (C=O) groups excluding carboxylic acids is 1. The summed E-state index contributed by atoms with van der Waals surface area (Å²) in [5.74, 6) is 1.31. The molecule has 9 heteroatoms. The molecule has 2 amide bonds. The summed E-state index contributed by atoms with van der Waals surface area (Å²) in [7, 11) is 1.58. The molecule has 26 heavy (non-hydrogen) atoms. The first-order valence-electron chi connectivity index (χ1n) is 8.35. The quantitative estimate of drug-likeness (QED) is 0.718. The SMILES string of the molecule is COCCN(C(=O)NCc1ccc(OC)c(OC)c1)C1CCS(=O)(=O)C1. The van der Waals surface area contributed by atoms with Gasteiger partial charge in [0.25, 0.3) is 0 Å². The van der Waals surface area contributed by atoms with Crippen molar-refractivity contribution in [2.75, 3.05) is 46.0 Å². The van der Waals surface area contributed by atoms with Crippen LogP contribution in [0, 0.1) is 0 Å². The van der Waals surface area contributed by atoms with Gasteiger partial charge in [-0.2, -0.15) is 0 Å². The van der Waals surface area contributed by atoms with E-state index in [1.165, 1.54) is 0 Å². The van der Waals surface area contributed by atoms with Crippen molar-refractivity contribution in [3.05, 3.63) is 23.8 Å². The van der Waals surface area contributed by atoms with Gasteiger partial charge >= 0.3 is 6.03 Å². The summed E-state index contributed by atoms with van der Waals surface area (Å²) >= 11 is 0. The molecule has 1 heterocycles. The third-order valence-corrected chi connectivity index (χ3v) is 6.09. The van der Waals surface area contributed by atoms with Crippen molar-refractivity contribution in [2.45, 2.75) is 19.0 Å². The van der Waals surface area contributed by atoms with Gasteiger partial charge in [0.15, 0.2) is 21.3 Å². The van der Waals surface area contributed by atoms with Crippen molar-refractivity contribution in [3.63, 3.8) is 0 Å². The number of benzene rings is 1. The first-order valence-corrected chi connectivity index (χ1v) is 10.2. The van der Waals surface area contributed by atoms with Gasteiger partial charge in [0.05, 0.1) is 32.3 Å². The summed E-state index contributed by atoms with van der Waals surface area (Å²) in [4.78, 5) is 14.2. The first kappa shape index (κ1) is 20.3. The Morgan fingerprint density at radius 1 is 1.23 bits per heavy atom. The second-order valence-corrected chi connectivity index (χ2v) is 8.32. The Kier molecular flexibility index (Phi) is 7.10. The van der Waals surface area contributed by atoms with Crippen LogP contribution in [0.4, 0.5) is 4.79 Å². The molecule has 0 spiro atoms. The minimum absolute atomic E-state index is 0.000489. The normalized spacial score (nSPS) is 18.3. The van der Waals surface area contributed by atoms with Gasteiger partial charge in [0, 0.05) is 26.2 Å². The number of amides is 2. The van der Waals surface area contributed by atoms with E-state index in [0.717, 1.165) is 5.56 Å².